The number of hydrogen-bond acceptors (Lipinski definition) is 7. The first kappa shape index (κ1) is 28.8. The van der Waals surface area contributed by atoms with E-state index in [2.05, 4.69) is 17.4 Å². The maximum Gasteiger partial charge on any atom is 0.339 e. The summed E-state index contributed by atoms with van der Waals surface area (Å²) in [4.78, 5) is 52.2. The van der Waals surface area contributed by atoms with Crippen molar-refractivity contribution in [2.45, 2.75) is 50.9 Å². The van der Waals surface area contributed by atoms with Gasteiger partial charge in [0.25, 0.3) is 11.1 Å². The Bertz CT molecular complexity index is 1470. The van der Waals surface area contributed by atoms with Crippen LogP contribution in [-0.4, -0.2) is 48.2 Å². The molecule has 7 rings (SSSR count). The Morgan fingerprint density at radius 3 is 2.40 bits per heavy atom. The molecule has 1 N–H and O–H groups in total. The third-order valence-corrected chi connectivity index (χ3v) is 10.3. The smallest absolute Gasteiger partial charge is 0.339 e. The summed E-state index contributed by atoms with van der Waals surface area (Å²) in [7, 11) is 1.59. The summed E-state index contributed by atoms with van der Waals surface area (Å²) in [6.07, 6.45) is 9.41. The van der Waals surface area contributed by atoms with Gasteiger partial charge in [0.15, 0.2) is 0 Å². The summed E-state index contributed by atoms with van der Waals surface area (Å²) >= 11 is 6.91. The lowest BCUT2D eigenvalue weighted by atomic mass is 9.48. The van der Waals surface area contributed by atoms with E-state index >= 15 is 0 Å². The van der Waals surface area contributed by atoms with Crippen molar-refractivity contribution in [1.29, 1.82) is 0 Å². The van der Waals surface area contributed by atoms with Crippen molar-refractivity contribution in [3.8, 4) is 5.75 Å². The molecule has 2 aromatic carbocycles. The van der Waals surface area contributed by atoms with Crippen LogP contribution in [0.4, 0.5) is 10.5 Å². The number of halogens is 1. The number of methoxy groups -OCH3 is 1. The molecule has 220 valence electrons. The fourth-order valence-corrected chi connectivity index (χ4v) is 8.76. The van der Waals surface area contributed by atoms with E-state index in [1.807, 2.05) is 6.07 Å². The number of anilines is 1. The molecule has 0 aromatic heterocycles. The number of carbonyl (C=O) groups is 4. The second-order valence-electron chi connectivity index (χ2n) is 11.9. The standard InChI is InChI=1S/C32H33ClN2O6S/c1-3-41-30(38)24-13-23(5-6-25(24)33)34-28(36)17-35-29(37)27(42-31(35)39)12-21-11-22(4-7-26(21)40-2)32-14-18-8-19(15-32)10-20(9-18)16-32/h4-7,11-13,18-20H,3,8-10,14-17H2,1-2H3,(H,34,36)/b27-12+. The fourth-order valence-electron chi connectivity index (χ4n) is 7.73. The topological polar surface area (TPSA) is 102 Å². The van der Waals surface area contributed by atoms with Gasteiger partial charge < -0.3 is 14.8 Å². The molecular weight excluding hydrogens is 576 g/mol. The van der Waals surface area contributed by atoms with E-state index in [1.165, 1.54) is 62.3 Å². The zero-order chi connectivity index (χ0) is 29.6. The van der Waals surface area contributed by atoms with Crippen LogP contribution < -0.4 is 10.1 Å². The predicted octanol–water partition coefficient (Wildman–Crippen LogP) is 6.67. The molecule has 0 spiro atoms. The Kier molecular flexibility index (Phi) is 7.83. The molecule has 10 heteroatoms. The van der Waals surface area contributed by atoms with Gasteiger partial charge in [0.1, 0.15) is 12.3 Å². The number of rotatable bonds is 8. The molecule has 3 amide bonds. The average Bonchev–Trinajstić information content (AvgIpc) is 3.20. The van der Waals surface area contributed by atoms with Crippen molar-refractivity contribution in [3.05, 3.63) is 63.0 Å². The van der Waals surface area contributed by atoms with Crippen LogP contribution in [0.5, 0.6) is 5.75 Å². The first-order valence-electron chi connectivity index (χ1n) is 14.4. The number of imide groups is 1. The lowest BCUT2D eigenvalue weighted by Gasteiger charge is -2.57. The molecule has 42 heavy (non-hydrogen) atoms. The van der Waals surface area contributed by atoms with Gasteiger partial charge >= 0.3 is 5.97 Å². The highest BCUT2D eigenvalue weighted by atomic mass is 35.5. The van der Waals surface area contributed by atoms with Crippen LogP contribution in [0.2, 0.25) is 5.02 Å². The van der Waals surface area contributed by atoms with Crippen LogP contribution >= 0.6 is 23.4 Å². The Balaban J connectivity index is 1.18. The summed E-state index contributed by atoms with van der Waals surface area (Å²) in [6.45, 7) is 1.39. The Morgan fingerprint density at radius 1 is 1.07 bits per heavy atom. The minimum Gasteiger partial charge on any atom is -0.496 e. The molecule has 0 atom stereocenters. The van der Waals surface area contributed by atoms with Crippen LogP contribution in [0.1, 0.15) is 66.9 Å². The molecular formula is C32H33ClN2O6S. The van der Waals surface area contributed by atoms with Crippen LogP contribution in [0.15, 0.2) is 41.3 Å². The maximum atomic E-state index is 13.3. The number of benzene rings is 2. The van der Waals surface area contributed by atoms with Gasteiger partial charge in [0, 0.05) is 11.3 Å². The van der Waals surface area contributed by atoms with Crippen molar-refractivity contribution in [1.82, 2.24) is 4.90 Å². The minimum absolute atomic E-state index is 0.107. The number of carbonyl (C=O) groups excluding carboxylic acids is 4. The van der Waals surface area contributed by atoms with Crippen molar-refractivity contribution in [3.63, 3.8) is 0 Å². The summed E-state index contributed by atoms with van der Waals surface area (Å²) in [6, 6.07) is 10.7. The molecule has 1 saturated heterocycles. The molecule has 5 fully saturated rings. The third kappa shape index (κ3) is 5.44. The van der Waals surface area contributed by atoms with Crippen LogP contribution in [0.3, 0.4) is 0 Å². The van der Waals surface area contributed by atoms with E-state index in [0.717, 1.165) is 40.0 Å². The molecule has 4 bridgehead atoms. The van der Waals surface area contributed by atoms with Crippen LogP contribution in [0.25, 0.3) is 6.08 Å². The second-order valence-corrected chi connectivity index (χ2v) is 13.3. The highest BCUT2D eigenvalue weighted by Gasteiger charge is 2.51. The lowest BCUT2D eigenvalue weighted by molar-refractivity contribution is -0.127. The van der Waals surface area contributed by atoms with Crippen molar-refractivity contribution >= 4 is 58.1 Å². The van der Waals surface area contributed by atoms with Gasteiger partial charge in [-0.05, 0) is 122 Å². The summed E-state index contributed by atoms with van der Waals surface area (Å²) in [5.74, 6) is 1.30. The van der Waals surface area contributed by atoms with Gasteiger partial charge in [-0.15, -0.1) is 0 Å². The third-order valence-electron chi connectivity index (χ3n) is 9.09. The molecule has 4 aliphatic carbocycles. The van der Waals surface area contributed by atoms with Gasteiger partial charge in [-0.3, -0.25) is 19.3 Å². The van der Waals surface area contributed by atoms with Crippen LogP contribution in [-0.2, 0) is 19.7 Å². The highest BCUT2D eigenvalue weighted by Crippen LogP contribution is 2.61. The highest BCUT2D eigenvalue weighted by molar-refractivity contribution is 8.18. The first-order valence-corrected chi connectivity index (χ1v) is 15.6. The Hall–Kier alpha value is -3.30. The molecule has 1 heterocycles. The monoisotopic (exact) mass is 608 g/mol. The maximum absolute atomic E-state index is 13.3. The summed E-state index contributed by atoms with van der Waals surface area (Å²) < 4.78 is 10.6. The normalized spacial score (nSPS) is 27.1. The Morgan fingerprint density at radius 2 is 1.76 bits per heavy atom. The number of thioether (sulfide) groups is 1. The summed E-state index contributed by atoms with van der Waals surface area (Å²) in [5, 5.41) is 2.29. The van der Waals surface area contributed by atoms with Gasteiger partial charge in [-0.25, -0.2) is 4.79 Å². The van der Waals surface area contributed by atoms with E-state index in [0.29, 0.717) is 11.4 Å². The summed E-state index contributed by atoms with van der Waals surface area (Å²) in [5.41, 5.74) is 2.62. The average molecular weight is 609 g/mol. The molecule has 2 aromatic rings. The van der Waals surface area contributed by atoms with Crippen molar-refractivity contribution < 1.29 is 28.7 Å². The molecule has 5 aliphatic rings. The van der Waals surface area contributed by atoms with Crippen LogP contribution in [0, 0.1) is 17.8 Å². The van der Waals surface area contributed by atoms with Crippen molar-refractivity contribution in [2.75, 3.05) is 25.6 Å². The predicted molar refractivity (Wildman–Crippen MR) is 162 cm³/mol. The first-order chi connectivity index (χ1) is 20.2. The van der Waals surface area contributed by atoms with Crippen molar-refractivity contribution in [2.24, 2.45) is 17.8 Å². The van der Waals surface area contributed by atoms with Gasteiger partial charge in [-0.1, -0.05) is 17.7 Å². The number of nitrogens with zero attached hydrogens (tertiary/aromatic N) is 1. The zero-order valence-electron chi connectivity index (χ0n) is 23.6. The molecule has 0 unspecified atom stereocenters. The van der Waals surface area contributed by atoms with E-state index in [1.54, 1.807) is 20.1 Å². The zero-order valence-corrected chi connectivity index (χ0v) is 25.2. The van der Waals surface area contributed by atoms with E-state index in [4.69, 9.17) is 21.1 Å². The number of amides is 3. The van der Waals surface area contributed by atoms with E-state index < -0.39 is 29.6 Å². The number of nitrogens with one attached hydrogen (secondary N) is 1. The van der Waals surface area contributed by atoms with E-state index in [-0.39, 0.29) is 27.5 Å². The molecule has 4 saturated carbocycles. The van der Waals surface area contributed by atoms with E-state index in [9.17, 15) is 19.2 Å². The molecule has 0 radical (unpaired) electrons. The fraction of sp³-hybridized carbons (Fsp3) is 0.438. The van der Waals surface area contributed by atoms with Gasteiger partial charge in [-0.2, -0.15) is 0 Å². The Labute approximate surface area is 254 Å². The van der Waals surface area contributed by atoms with Gasteiger partial charge in [0.05, 0.1) is 29.2 Å². The number of esters is 1. The SMILES string of the molecule is CCOC(=O)c1cc(NC(=O)CN2C(=O)S/C(=C/c3cc(C45CC6CC(CC(C6)C4)C5)ccc3OC)C2=O)ccc1Cl. The largest absolute Gasteiger partial charge is 0.496 e. The molecule has 1 aliphatic heterocycles. The lowest BCUT2D eigenvalue weighted by Crippen LogP contribution is -2.48. The number of hydrogen-bond donors (Lipinski definition) is 1. The quantitative estimate of drug-likeness (QED) is 0.264. The minimum atomic E-state index is -0.614. The molecule has 8 nitrogen and oxygen atoms in total. The van der Waals surface area contributed by atoms with Gasteiger partial charge in [0.2, 0.25) is 5.91 Å². The second kappa shape index (κ2) is 11.4. The number of ether oxygens (including phenoxy) is 2.